The van der Waals surface area contributed by atoms with Crippen molar-refractivity contribution < 1.29 is 4.79 Å². The van der Waals surface area contributed by atoms with Crippen molar-refractivity contribution in [2.24, 2.45) is 0 Å². The standard InChI is InChI=1S/C21H23N5OS/c1-14(28-21-25-24-19(26(21)22)17-12-13-17)20(27)23-18(15-8-4-2-5-9-15)16-10-6-3-7-11-16/h2-11,14,17-18H,12-13,22H2,1H3,(H,23,27)/t14-/m1/s1. The van der Waals surface area contributed by atoms with Crippen LogP contribution < -0.4 is 11.2 Å². The minimum absolute atomic E-state index is 0.0707. The van der Waals surface area contributed by atoms with Crippen LogP contribution in [-0.2, 0) is 4.79 Å². The number of benzene rings is 2. The number of carbonyl (C=O) groups is 1. The van der Waals surface area contributed by atoms with E-state index in [9.17, 15) is 4.79 Å². The van der Waals surface area contributed by atoms with Crippen molar-refractivity contribution in [2.45, 2.75) is 42.1 Å². The Morgan fingerprint density at radius 3 is 2.18 bits per heavy atom. The zero-order chi connectivity index (χ0) is 19.5. The second-order valence-corrected chi connectivity index (χ2v) is 8.32. The third kappa shape index (κ3) is 4.04. The largest absolute Gasteiger partial charge is 0.344 e. The van der Waals surface area contributed by atoms with Crippen LogP contribution >= 0.6 is 11.8 Å². The molecule has 2 aromatic carbocycles. The number of nitrogen functional groups attached to an aromatic ring is 1. The van der Waals surface area contributed by atoms with E-state index < -0.39 is 0 Å². The molecule has 4 rings (SSSR count). The summed E-state index contributed by atoms with van der Waals surface area (Å²) in [7, 11) is 0. The summed E-state index contributed by atoms with van der Waals surface area (Å²) in [6.07, 6.45) is 2.21. The van der Waals surface area contributed by atoms with E-state index in [0.717, 1.165) is 29.8 Å². The molecule has 0 saturated heterocycles. The summed E-state index contributed by atoms with van der Waals surface area (Å²) in [5, 5.41) is 11.7. The van der Waals surface area contributed by atoms with Crippen molar-refractivity contribution in [3.63, 3.8) is 0 Å². The highest BCUT2D eigenvalue weighted by Crippen LogP contribution is 2.39. The molecular weight excluding hydrogens is 370 g/mol. The molecule has 3 N–H and O–H groups in total. The first kappa shape index (κ1) is 18.6. The molecule has 0 radical (unpaired) electrons. The molecular formula is C21H23N5OS. The Bertz CT molecular complexity index is 900. The second kappa shape index (κ2) is 8.06. The molecule has 1 heterocycles. The highest BCUT2D eigenvalue weighted by Gasteiger charge is 2.31. The fourth-order valence-corrected chi connectivity index (χ4v) is 3.90. The number of nitrogens with two attached hydrogens (primary N) is 1. The third-order valence-corrected chi connectivity index (χ3v) is 5.89. The van der Waals surface area contributed by atoms with E-state index in [1.165, 1.54) is 16.4 Å². The quantitative estimate of drug-likeness (QED) is 0.475. The molecule has 1 fully saturated rings. The van der Waals surface area contributed by atoms with Crippen molar-refractivity contribution in [3.8, 4) is 0 Å². The number of hydrogen-bond donors (Lipinski definition) is 2. The first-order valence-corrected chi connectivity index (χ1v) is 10.3. The first-order chi connectivity index (χ1) is 13.6. The third-order valence-electron chi connectivity index (χ3n) is 4.84. The maximum atomic E-state index is 12.9. The van der Waals surface area contributed by atoms with Gasteiger partial charge in [0.25, 0.3) is 0 Å². The average molecular weight is 394 g/mol. The van der Waals surface area contributed by atoms with Gasteiger partial charge in [-0.2, -0.15) is 0 Å². The molecule has 1 amide bonds. The van der Waals surface area contributed by atoms with Gasteiger partial charge in [-0.15, -0.1) is 10.2 Å². The molecule has 1 aromatic heterocycles. The zero-order valence-corrected chi connectivity index (χ0v) is 16.5. The van der Waals surface area contributed by atoms with Crippen molar-refractivity contribution in [1.82, 2.24) is 20.2 Å². The molecule has 3 aromatic rings. The number of carbonyl (C=O) groups excluding carboxylic acids is 1. The summed E-state index contributed by atoms with van der Waals surface area (Å²) in [6.45, 7) is 1.86. The summed E-state index contributed by atoms with van der Waals surface area (Å²) < 4.78 is 1.53. The van der Waals surface area contributed by atoms with Gasteiger partial charge in [-0.25, -0.2) is 4.68 Å². The summed E-state index contributed by atoms with van der Waals surface area (Å²) >= 11 is 1.33. The van der Waals surface area contributed by atoms with E-state index in [1.807, 2.05) is 67.6 Å². The van der Waals surface area contributed by atoms with Crippen LogP contribution in [0.25, 0.3) is 0 Å². The fraction of sp³-hybridized carbons (Fsp3) is 0.286. The van der Waals surface area contributed by atoms with Crippen LogP contribution in [0, 0.1) is 0 Å². The Balaban J connectivity index is 1.49. The maximum absolute atomic E-state index is 12.9. The minimum Gasteiger partial charge on any atom is -0.344 e. The Labute approximate surface area is 168 Å². The van der Waals surface area contributed by atoms with Gasteiger partial charge in [0.15, 0.2) is 5.82 Å². The average Bonchev–Trinajstić information content (AvgIpc) is 3.51. The Morgan fingerprint density at radius 2 is 1.64 bits per heavy atom. The SMILES string of the molecule is C[C@@H](Sc1nnc(C2CC2)n1N)C(=O)NC(c1ccccc1)c1ccccc1. The van der Waals surface area contributed by atoms with Crippen LogP contribution in [0.1, 0.15) is 48.7 Å². The predicted molar refractivity (Wildman–Crippen MR) is 110 cm³/mol. The van der Waals surface area contributed by atoms with E-state index in [1.54, 1.807) is 0 Å². The number of hydrogen-bond acceptors (Lipinski definition) is 5. The molecule has 1 atom stereocenters. The predicted octanol–water partition coefficient (Wildman–Crippen LogP) is 3.26. The Kier molecular flexibility index (Phi) is 5.34. The monoisotopic (exact) mass is 393 g/mol. The van der Waals surface area contributed by atoms with E-state index >= 15 is 0 Å². The molecule has 6 nitrogen and oxygen atoms in total. The molecule has 144 valence electrons. The molecule has 0 spiro atoms. The normalized spacial score (nSPS) is 14.8. The lowest BCUT2D eigenvalue weighted by Gasteiger charge is -2.22. The van der Waals surface area contributed by atoms with E-state index in [0.29, 0.717) is 11.1 Å². The summed E-state index contributed by atoms with van der Waals surface area (Å²) in [6, 6.07) is 19.7. The molecule has 1 saturated carbocycles. The molecule has 0 unspecified atom stereocenters. The number of aromatic nitrogens is 3. The topological polar surface area (TPSA) is 85.8 Å². The lowest BCUT2D eigenvalue weighted by molar-refractivity contribution is -0.120. The number of nitrogens with one attached hydrogen (secondary N) is 1. The van der Waals surface area contributed by atoms with Gasteiger partial charge in [0.2, 0.25) is 11.1 Å². The summed E-state index contributed by atoms with van der Waals surface area (Å²) in [4.78, 5) is 12.9. The Morgan fingerprint density at radius 1 is 1.07 bits per heavy atom. The van der Waals surface area contributed by atoms with Crippen molar-refractivity contribution >= 4 is 17.7 Å². The highest BCUT2D eigenvalue weighted by atomic mass is 32.2. The number of thioether (sulfide) groups is 1. The van der Waals surface area contributed by atoms with Gasteiger partial charge in [-0.05, 0) is 30.9 Å². The van der Waals surface area contributed by atoms with Gasteiger partial charge in [0.05, 0.1) is 11.3 Å². The van der Waals surface area contributed by atoms with E-state index in [2.05, 4.69) is 15.5 Å². The van der Waals surface area contributed by atoms with Crippen LogP contribution in [0.3, 0.4) is 0 Å². The van der Waals surface area contributed by atoms with Gasteiger partial charge < -0.3 is 11.2 Å². The highest BCUT2D eigenvalue weighted by molar-refractivity contribution is 8.00. The van der Waals surface area contributed by atoms with Gasteiger partial charge in [0, 0.05) is 5.92 Å². The van der Waals surface area contributed by atoms with E-state index in [-0.39, 0.29) is 17.2 Å². The Hall–Kier alpha value is -2.80. The maximum Gasteiger partial charge on any atom is 0.234 e. The van der Waals surface area contributed by atoms with Crippen LogP contribution in [-0.4, -0.2) is 26.0 Å². The summed E-state index contributed by atoms with van der Waals surface area (Å²) in [5.74, 6) is 7.26. The van der Waals surface area contributed by atoms with Gasteiger partial charge in [-0.3, -0.25) is 4.79 Å². The van der Waals surface area contributed by atoms with E-state index in [4.69, 9.17) is 5.84 Å². The zero-order valence-electron chi connectivity index (χ0n) is 15.7. The van der Waals surface area contributed by atoms with Crippen LogP contribution in [0.2, 0.25) is 0 Å². The fourth-order valence-electron chi connectivity index (χ4n) is 3.11. The first-order valence-electron chi connectivity index (χ1n) is 9.41. The molecule has 1 aliphatic carbocycles. The van der Waals surface area contributed by atoms with Crippen molar-refractivity contribution in [1.29, 1.82) is 0 Å². The van der Waals surface area contributed by atoms with Gasteiger partial charge >= 0.3 is 0 Å². The van der Waals surface area contributed by atoms with Crippen LogP contribution in [0.5, 0.6) is 0 Å². The number of amides is 1. The molecule has 1 aliphatic rings. The van der Waals surface area contributed by atoms with Crippen molar-refractivity contribution in [3.05, 3.63) is 77.6 Å². The summed E-state index contributed by atoms with van der Waals surface area (Å²) in [5.41, 5.74) is 2.08. The lowest BCUT2D eigenvalue weighted by Crippen LogP contribution is -2.35. The number of rotatable bonds is 7. The minimum atomic E-state index is -0.353. The lowest BCUT2D eigenvalue weighted by atomic mass is 9.98. The van der Waals surface area contributed by atoms with Crippen LogP contribution in [0.4, 0.5) is 0 Å². The number of nitrogens with zero attached hydrogens (tertiary/aromatic N) is 3. The smallest absolute Gasteiger partial charge is 0.234 e. The van der Waals surface area contributed by atoms with Gasteiger partial charge in [0.1, 0.15) is 0 Å². The van der Waals surface area contributed by atoms with Crippen molar-refractivity contribution in [2.75, 3.05) is 5.84 Å². The molecule has 7 heteroatoms. The van der Waals surface area contributed by atoms with Gasteiger partial charge in [-0.1, -0.05) is 72.4 Å². The molecule has 0 bridgehead atoms. The molecule has 0 aliphatic heterocycles. The molecule has 28 heavy (non-hydrogen) atoms. The second-order valence-electron chi connectivity index (χ2n) is 7.01. The van der Waals surface area contributed by atoms with Crippen LogP contribution in [0.15, 0.2) is 65.8 Å².